The van der Waals surface area contributed by atoms with Crippen LogP contribution in [0, 0.1) is 5.92 Å². The lowest BCUT2D eigenvalue weighted by atomic mass is 10.0. The van der Waals surface area contributed by atoms with Crippen molar-refractivity contribution in [3.8, 4) is 0 Å². The molecule has 0 aromatic heterocycles. The van der Waals surface area contributed by atoms with Gasteiger partial charge in [-0.05, 0) is 13.3 Å². The van der Waals surface area contributed by atoms with E-state index in [-0.39, 0.29) is 13.0 Å². The van der Waals surface area contributed by atoms with E-state index < -0.39 is 24.0 Å². The number of hydrogen-bond acceptors (Lipinski definition) is 6. The minimum atomic E-state index is -1.11. The molecule has 0 fully saturated rings. The van der Waals surface area contributed by atoms with Gasteiger partial charge in [-0.1, -0.05) is 0 Å². The number of esters is 2. The summed E-state index contributed by atoms with van der Waals surface area (Å²) in [6.07, 6.45) is -0.970. The maximum absolute atomic E-state index is 11.2. The van der Waals surface area contributed by atoms with E-state index in [1.54, 1.807) is 6.92 Å². The van der Waals surface area contributed by atoms with Crippen molar-refractivity contribution >= 4 is 11.9 Å². The summed E-state index contributed by atoms with van der Waals surface area (Å²) in [6, 6.07) is 0. The normalized spacial score (nSPS) is 12.3. The van der Waals surface area contributed by atoms with Gasteiger partial charge < -0.3 is 19.3 Å². The summed E-state index contributed by atoms with van der Waals surface area (Å²) < 4.78 is 13.9. The Hall–Kier alpha value is -1.14. The number of rotatable bonds is 7. The lowest BCUT2D eigenvalue weighted by Gasteiger charge is -2.16. The summed E-state index contributed by atoms with van der Waals surface area (Å²) in [4.78, 5) is 22.5. The lowest BCUT2D eigenvalue weighted by molar-refractivity contribution is -0.160. The third-order valence-electron chi connectivity index (χ3n) is 1.99. The van der Waals surface area contributed by atoms with Gasteiger partial charge in [0, 0.05) is 6.61 Å². The Labute approximate surface area is 94.5 Å². The first-order chi connectivity index (χ1) is 7.56. The average molecular weight is 234 g/mol. The molecule has 0 aliphatic heterocycles. The van der Waals surface area contributed by atoms with Crippen LogP contribution >= 0.6 is 0 Å². The van der Waals surface area contributed by atoms with Crippen LogP contribution in [0.15, 0.2) is 0 Å². The van der Waals surface area contributed by atoms with Crippen LogP contribution in [0.25, 0.3) is 0 Å². The zero-order chi connectivity index (χ0) is 12.6. The molecule has 0 heterocycles. The van der Waals surface area contributed by atoms with E-state index in [1.807, 2.05) is 0 Å². The number of methoxy groups -OCH3 is 2. The van der Waals surface area contributed by atoms with E-state index >= 15 is 0 Å². The van der Waals surface area contributed by atoms with Crippen LogP contribution in [0.3, 0.4) is 0 Å². The second kappa shape index (κ2) is 8.06. The molecule has 0 aromatic carbocycles. The molecule has 0 amide bonds. The van der Waals surface area contributed by atoms with E-state index in [1.165, 1.54) is 14.2 Å². The highest BCUT2D eigenvalue weighted by Gasteiger charge is 2.30. The van der Waals surface area contributed by atoms with Crippen molar-refractivity contribution in [2.75, 3.05) is 27.4 Å². The van der Waals surface area contributed by atoms with Gasteiger partial charge in [-0.15, -0.1) is 0 Å². The predicted molar refractivity (Wildman–Crippen MR) is 54.6 cm³/mol. The number of ether oxygens (including phenoxy) is 3. The molecule has 94 valence electrons. The zero-order valence-corrected chi connectivity index (χ0v) is 9.76. The number of aliphatic hydroxyl groups excluding tert-OH is 1. The standard InChI is InChI=1S/C10H18O6/c1-4-16-6-7(11)5-8(9(12)14-2)10(13)15-3/h7-8,11H,4-6H2,1-3H3. The van der Waals surface area contributed by atoms with Crippen molar-refractivity contribution in [2.24, 2.45) is 5.92 Å². The third-order valence-corrected chi connectivity index (χ3v) is 1.99. The second-order valence-electron chi connectivity index (χ2n) is 3.15. The van der Waals surface area contributed by atoms with Crippen LogP contribution in [0.1, 0.15) is 13.3 Å². The number of aliphatic hydroxyl groups is 1. The molecular weight excluding hydrogens is 216 g/mol. The molecule has 1 unspecified atom stereocenters. The van der Waals surface area contributed by atoms with Crippen LogP contribution in [0.2, 0.25) is 0 Å². The highest BCUT2D eigenvalue weighted by molar-refractivity contribution is 5.94. The van der Waals surface area contributed by atoms with Crippen LogP contribution in [-0.4, -0.2) is 50.6 Å². The second-order valence-corrected chi connectivity index (χ2v) is 3.15. The minimum absolute atomic E-state index is 0.0701. The average Bonchev–Trinajstić information content (AvgIpc) is 2.31. The van der Waals surface area contributed by atoms with Crippen LogP contribution < -0.4 is 0 Å². The molecule has 0 saturated heterocycles. The molecule has 0 bridgehead atoms. The molecule has 6 heteroatoms. The summed E-state index contributed by atoms with van der Waals surface area (Å²) in [6.45, 7) is 2.31. The lowest BCUT2D eigenvalue weighted by Crippen LogP contribution is -2.31. The molecule has 1 N–H and O–H groups in total. The SMILES string of the molecule is CCOCC(O)CC(C(=O)OC)C(=O)OC. The highest BCUT2D eigenvalue weighted by atomic mass is 16.5. The van der Waals surface area contributed by atoms with Crippen molar-refractivity contribution < 1.29 is 28.9 Å². The van der Waals surface area contributed by atoms with E-state index in [2.05, 4.69) is 9.47 Å². The topological polar surface area (TPSA) is 82.1 Å². The first kappa shape index (κ1) is 14.9. The zero-order valence-electron chi connectivity index (χ0n) is 9.76. The summed E-state index contributed by atoms with van der Waals surface area (Å²) >= 11 is 0. The largest absolute Gasteiger partial charge is 0.468 e. The van der Waals surface area contributed by atoms with Crippen molar-refractivity contribution in [2.45, 2.75) is 19.4 Å². The van der Waals surface area contributed by atoms with Gasteiger partial charge >= 0.3 is 11.9 Å². The van der Waals surface area contributed by atoms with Gasteiger partial charge in [-0.2, -0.15) is 0 Å². The van der Waals surface area contributed by atoms with Gasteiger partial charge in [0.05, 0.1) is 26.9 Å². The molecule has 0 aliphatic rings. The summed E-state index contributed by atoms with van der Waals surface area (Å²) in [5, 5.41) is 9.50. The smallest absolute Gasteiger partial charge is 0.320 e. The maximum atomic E-state index is 11.2. The molecule has 16 heavy (non-hydrogen) atoms. The Morgan fingerprint density at radius 3 is 2.06 bits per heavy atom. The van der Waals surface area contributed by atoms with Gasteiger partial charge in [-0.3, -0.25) is 9.59 Å². The van der Waals surface area contributed by atoms with E-state index in [4.69, 9.17) is 4.74 Å². The number of hydrogen-bond donors (Lipinski definition) is 1. The Morgan fingerprint density at radius 2 is 1.69 bits per heavy atom. The van der Waals surface area contributed by atoms with Crippen LogP contribution in [0.5, 0.6) is 0 Å². The minimum Gasteiger partial charge on any atom is -0.468 e. The first-order valence-corrected chi connectivity index (χ1v) is 4.98. The van der Waals surface area contributed by atoms with E-state index in [0.717, 1.165) is 0 Å². The Balaban J connectivity index is 4.31. The molecule has 0 rings (SSSR count). The fourth-order valence-corrected chi connectivity index (χ4v) is 1.17. The maximum Gasteiger partial charge on any atom is 0.320 e. The molecule has 0 aromatic rings. The van der Waals surface area contributed by atoms with Gasteiger partial charge in [0.2, 0.25) is 0 Å². The number of carbonyl (C=O) groups excluding carboxylic acids is 2. The summed E-state index contributed by atoms with van der Waals surface area (Å²) in [5.74, 6) is -2.55. The van der Waals surface area contributed by atoms with Gasteiger partial charge in [0.25, 0.3) is 0 Å². The molecule has 1 atom stereocenters. The highest BCUT2D eigenvalue weighted by Crippen LogP contribution is 2.11. The van der Waals surface area contributed by atoms with E-state index in [9.17, 15) is 14.7 Å². The fourth-order valence-electron chi connectivity index (χ4n) is 1.17. The Morgan fingerprint density at radius 1 is 1.19 bits per heavy atom. The molecule has 0 aliphatic carbocycles. The van der Waals surface area contributed by atoms with Gasteiger partial charge in [0.1, 0.15) is 0 Å². The Kier molecular flexibility index (Phi) is 7.49. The molecular formula is C10H18O6. The van der Waals surface area contributed by atoms with E-state index in [0.29, 0.717) is 6.61 Å². The van der Waals surface area contributed by atoms with Gasteiger partial charge in [-0.25, -0.2) is 0 Å². The first-order valence-electron chi connectivity index (χ1n) is 4.98. The van der Waals surface area contributed by atoms with Crippen LogP contribution in [-0.2, 0) is 23.8 Å². The Bertz CT molecular complexity index is 211. The van der Waals surface area contributed by atoms with Gasteiger partial charge in [0.15, 0.2) is 5.92 Å². The van der Waals surface area contributed by atoms with Crippen molar-refractivity contribution in [3.05, 3.63) is 0 Å². The molecule has 0 saturated carbocycles. The summed E-state index contributed by atoms with van der Waals surface area (Å²) in [7, 11) is 2.35. The van der Waals surface area contributed by atoms with Crippen molar-refractivity contribution in [1.29, 1.82) is 0 Å². The molecule has 6 nitrogen and oxygen atoms in total. The fraction of sp³-hybridized carbons (Fsp3) is 0.800. The molecule has 0 spiro atoms. The summed E-state index contributed by atoms with van der Waals surface area (Å²) in [5.41, 5.74) is 0. The number of carbonyl (C=O) groups is 2. The quantitative estimate of drug-likeness (QED) is 0.482. The van der Waals surface area contributed by atoms with Crippen molar-refractivity contribution in [3.63, 3.8) is 0 Å². The van der Waals surface area contributed by atoms with Crippen LogP contribution in [0.4, 0.5) is 0 Å². The predicted octanol–water partition coefficient (Wildman–Crippen LogP) is -0.264. The molecule has 0 radical (unpaired) electrons. The van der Waals surface area contributed by atoms with Crippen molar-refractivity contribution in [1.82, 2.24) is 0 Å². The monoisotopic (exact) mass is 234 g/mol. The third kappa shape index (κ3) is 5.09.